The molecule has 20 heavy (non-hydrogen) atoms. The van der Waals surface area contributed by atoms with Gasteiger partial charge in [-0.15, -0.1) is 0 Å². The molecule has 2 rings (SSSR count). The third-order valence-corrected chi connectivity index (χ3v) is 3.47. The van der Waals surface area contributed by atoms with E-state index in [4.69, 9.17) is 16.3 Å². The fourth-order valence-electron chi connectivity index (χ4n) is 2.29. The molecule has 1 amide bonds. The number of hydrogen-bond donors (Lipinski definition) is 1. The first-order valence-corrected chi connectivity index (χ1v) is 7.10. The molecule has 0 aliphatic carbocycles. The normalized spacial score (nSPS) is 16.1. The van der Waals surface area contributed by atoms with Gasteiger partial charge < -0.3 is 15.0 Å². The Bertz CT molecular complexity index is 456. The Labute approximate surface area is 122 Å². The molecular weight excluding hydrogens is 283 g/mol. The van der Waals surface area contributed by atoms with E-state index in [2.05, 4.69) is 5.32 Å². The molecule has 0 spiro atoms. The van der Waals surface area contributed by atoms with Crippen molar-refractivity contribution in [1.82, 2.24) is 4.90 Å². The second-order valence-electron chi connectivity index (χ2n) is 4.76. The molecule has 0 radical (unpaired) electrons. The Morgan fingerprint density at radius 2 is 2.15 bits per heavy atom. The molecular formula is C14H18ClFN2O2. The first kappa shape index (κ1) is 14.9. The predicted octanol–water partition coefficient (Wildman–Crippen LogP) is 3.51. The van der Waals surface area contributed by atoms with Gasteiger partial charge in [-0.1, -0.05) is 11.6 Å². The zero-order valence-corrected chi connectivity index (χ0v) is 12.1. The summed E-state index contributed by atoms with van der Waals surface area (Å²) in [7, 11) is 0. The van der Waals surface area contributed by atoms with E-state index in [1.165, 1.54) is 12.1 Å². The lowest BCUT2D eigenvalue weighted by atomic mass is 10.1. The third kappa shape index (κ3) is 4.00. The molecule has 4 nitrogen and oxygen atoms in total. The number of rotatable bonds is 3. The van der Waals surface area contributed by atoms with Gasteiger partial charge >= 0.3 is 6.09 Å². The Morgan fingerprint density at radius 1 is 1.45 bits per heavy atom. The zero-order chi connectivity index (χ0) is 14.5. The van der Waals surface area contributed by atoms with Crippen LogP contribution in [-0.2, 0) is 4.74 Å². The minimum absolute atomic E-state index is 0.207. The van der Waals surface area contributed by atoms with Crippen molar-refractivity contribution in [2.24, 2.45) is 0 Å². The average Bonchev–Trinajstić information content (AvgIpc) is 2.38. The molecule has 0 saturated carbocycles. The van der Waals surface area contributed by atoms with Crippen molar-refractivity contribution >= 4 is 23.4 Å². The monoisotopic (exact) mass is 300 g/mol. The molecule has 1 saturated heterocycles. The molecule has 1 aromatic rings. The van der Waals surface area contributed by atoms with Crippen molar-refractivity contribution in [2.75, 3.05) is 25.0 Å². The van der Waals surface area contributed by atoms with Gasteiger partial charge in [0.05, 0.1) is 6.61 Å². The zero-order valence-electron chi connectivity index (χ0n) is 11.4. The second-order valence-corrected chi connectivity index (χ2v) is 5.20. The Balaban J connectivity index is 1.86. The topological polar surface area (TPSA) is 41.6 Å². The highest BCUT2D eigenvalue weighted by molar-refractivity contribution is 6.30. The lowest BCUT2D eigenvalue weighted by molar-refractivity contribution is 0.0983. The molecule has 6 heteroatoms. The number of nitrogens with one attached hydrogen (secondary N) is 1. The van der Waals surface area contributed by atoms with Crippen molar-refractivity contribution in [3.63, 3.8) is 0 Å². The number of hydrogen-bond acceptors (Lipinski definition) is 3. The quantitative estimate of drug-likeness (QED) is 0.929. The van der Waals surface area contributed by atoms with Gasteiger partial charge in [-0.25, -0.2) is 9.18 Å². The molecule has 1 heterocycles. The number of benzene rings is 1. The maximum atomic E-state index is 13.2. The molecule has 0 atom stereocenters. The fraction of sp³-hybridized carbons (Fsp3) is 0.500. The summed E-state index contributed by atoms with van der Waals surface area (Å²) in [6.07, 6.45) is 1.33. The van der Waals surface area contributed by atoms with Gasteiger partial charge in [0.25, 0.3) is 0 Å². The number of nitrogens with zero attached hydrogens (tertiary/aromatic N) is 1. The number of anilines is 1. The summed E-state index contributed by atoms with van der Waals surface area (Å²) in [5.74, 6) is -0.357. The van der Waals surface area contributed by atoms with E-state index in [9.17, 15) is 9.18 Å². The fourth-order valence-corrected chi connectivity index (χ4v) is 2.52. The van der Waals surface area contributed by atoms with Gasteiger partial charge in [-0.2, -0.15) is 0 Å². The van der Waals surface area contributed by atoms with Crippen LogP contribution in [-0.4, -0.2) is 36.7 Å². The van der Waals surface area contributed by atoms with Gasteiger partial charge in [-0.3, -0.25) is 0 Å². The lowest BCUT2D eigenvalue weighted by Crippen LogP contribution is -2.42. The number of likely N-dealkylation sites (tertiary alicyclic amines) is 1. The first-order valence-electron chi connectivity index (χ1n) is 6.73. The molecule has 1 aliphatic rings. The molecule has 0 aromatic heterocycles. The summed E-state index contributed by atoms with van der Waals surface area (Å²) in [6.45, 7) is 3.46. The summed E-state index contributed by atoms with van der Waals surface area (Å²) in [5, 5.41) is 3.62. The van der Waals surface area contributed by atoms with E-state index < -0.39 is 0 Å². The summed E-state index contributed by atoms with van der Waals surface area (Å²) >= 11 is 5.82. The van der Waals surface area contributed by atoms with Crippen LogP contribution < -0.4 is 5.32 Å². The minimum Gasteiger partial charge on any atom is -0.450 e. The highest BCUT2D eigenvalue weighted by Crippen LogP contribution is 2.21. The van der Waals surface area contributed by atoms with E-state index in [1.807, 2.05) is 0 Å². The van der Waals surface area contributed by atoms with Crippen LogP contribution in [0.2, 0.25) is 5.02 Å². The van der Waals surface area contributed by atoms with Gasteiger partial charge in [0.2, 0.25) is 0 Å². The summed E-state index contributed by atoms with van der Waals surface area (Å²) in [5.41, 5.74) is 0.671. The number of ether oxygens (including phenoxy) is 1. The van der Waals surface area contributed by atoms with Crippen LogP contribution in [0.15, 0.2) is 18.2 Å². The molecule has 1 aromatic carbocycles. The lowest BCUT2D eigenvalue weighted by Gasteiger charge is -2.32. The Kier molecular flexibility index (Phi) is 5.06. The average molecular weight is 301 g/mol. The van der Waals surface area contributed by atoms with Crippen molar-refractivity contribution in [3.8, 4) is 0 Å². The van der Waals surface area contributed by atoms with Crippen molar-refractivity contribution in [1.29, 1.82) is 0 Å². The van der Waals surface area contributed by atoms with Crippen LogP contribution in [0.4, 0.5) is 14.9 Å². The number of amides is 1. The summed E-state index contributed by atoms with van der Waals surface area (Å²) in [4.78, 5) is 13.3. The predicted molar refractivity (Wildman–Crippen MR) is 76.6 cm³/mol. The SMILES string of the molecule is CCOC(=O)N1CCC(Nc2cc(F)cc(Cl)c2)CC1. The van der Waals surface area contributed by atoms with Crippen LogP contribution in [0.3, 0.4) is 0 Å². The number of halogens is 2. The van der Waals surface area contributed by atoms with Gasteiger partial charge in [0, 0.05) is 29.8 Å². The second kappa shape index (κ2) is 6.79. The standard InChI is InChI=1S/C14H18ClFN2O2/c1-2-20-14(19)18-5-3-12(4-6-18)17-13-8-10(15)7-11(16)9-13/h7-9,12,17H,2-6H2,1H3. The number of carbonyl (C=O) groups is 1. The van der Waals surface area contributed by atoms with E-state index in [-0.39, 0.29) is 18.0 Å². The van der Waals surface area contributed by atoms with E-state index in [1.54, 1.807) is 17.9 Å². The van der Waals surface area contributed by atoms with Crippen LogP contribution >= 0.6 is 11.6 Å². The van der Waals surface area contributed by atoms with Crippen molar-refractivity contribution in [3.05, 3.63) is 29.0 Å². The van der Waals surface area contributed by atoms with Crippen LogP contribution in [0.5, 0.6) is 0 Å². The molecule has 110 valence electrons. The van der Waals surface area contributed by atoms with Gasteiger partial charge in [0.15, 0.2) is 0 Å². The van der Waals surface area contributed by atoms with E-state index >= 15 is 0 Å². The van der Waals surface area contributed by atoms with E-state index in [0.717, 1.165) is 12.8 Å². The Morgan fingerprint density at radius 3 is 2.75 bits per heavy atom. The summed E-state index contributed by atoms with van der Waals surface area (Å²) < 4.78 is 18.2. The van der Waals surface area contributed by atoms with Crippen LogP contribution in [0.1, 0.15) is 19.8 Å². The molecule has 1 N–H and O–H groups in total. The highest BCUT2D eigenvalue weighted by atomic mass is 35.5. The maximum absolute atomic E-state index is 13.2. The van der Waals surface area contributed by atoms with E-state index in [0.29, 0.717) is 30.4 Å². The maximum Gasteiger partial charge on any atom is 0.409 e. The smallest absolute Gasteiger partial charge is 0.409 e. The van der Waals surface area contributed by atoms with Crippen molar-refractivity contribution in [2.45, 2.75) is 25.8 Å². The summed E-state index contributed by atoms with van der Waals surface area (Å²) in [6, 6.07) is 4.60. The van der Waals surface area contributed by atoms with Gasteiger partial charge in [-0.05, 0) is 38.0 Å². The highest BCUT2D eigenvalue weighted by Gasteiger charge is 2.23. The van der Waals surface area contributed by atoms with Gasteiger partial charge in [0.1, 0.15) is 5.82 Å². The van der Waals surface area contributed by atoms with Crippen molar-refractivity contribution < 1.29 is 13.9 Å². The number of carbonyl (C=O) groups excluding carboxylic acids is 1. The van der Waals surface area contributed by atoms with Crippen LogP contribution in [0.25, 0.3) is 0 Å². The minimum atomic E-state index is -0.357. The largest absolute Gasteiger partial charge is 0.450 e. The van der Waals surface area contributed by atoms with Crippen LogP contribution in [0, 0.1) is 5.82 Å². The first-order chi connectivity index (χ1) is 9.58. The Hall–Kier alpha value is -1.49. The molecule has 0 bridgehead atoms. The molecule has 1 fully saturated rings. The third-order valence-electron chi connectivity index (χ3n) is 3.25. The molecule has 0 unspecified atom stereocenters. The molecule has 1 aliphatic heterocycles. The number of piperidine rings is 1.